The van der Waals surface area contributed by atoms with E-state index in [1.165, 1.54) is 0 Å². The van der Waals surface area contributed by atoms with Crippen LogP contribution in [0.4, 0.5) is 0 Å². The zero-order valence-corrected chi connectivity index (χ0v) is 13.3. The van der Waals surface area contributed by atoms with Gasteiger partial charge in [0.05, 0.1) is 24.8 Å². The Morgan fingerprint density at radius 3 is 2.74 bits per heavy atom. The third-order valence-corrected chi connectivity index (χ3v) is 3.26. The Bertz CT molecular complexity index is 399. The summed E-state index contributed by atoms with van der Waals surface area (Å²) < 4.78 is 11.9. The molecular formula is C14H22BrNO3. The molecule has 0 aliphatic carbocycles. The summed E-state index contributed by atoms with van der Waals surface area (Å²) in [5.74, 6) is 1.46. The van der Waals surface area contributed by atoms with Crippen LogP contribution in [0.25, 0.3) is 0 Å². The Hall–Kier alpha value is -0.780. The van der Waals surface area contributed by atoms with E-state index in [1.807, 2.05) is 19.1 Å². The first kappa shape index (κ1) is 16.3. The van der Waals surface area contributed by atoms with Crippen LogP contribution in [0.15, 0.2) is 16.6 Å². The molecule has 0 saturated carbocycles. The van der Waals surface area contributed by atoms with E-state index in [0.717, 1.165) is 28.0 Å². The van der Waals surface area contributed by atoms with Gasteiger partial charge in [0, 0.05) is 12.6 Å². The number of methoxy groups -OCH3 is 1. The molecule has 4 nitrogen and oxygen atoms in total. The van der Waals surface area contributed by atoms with Crippen molar-refractivity contribution in [1.29, 1.82) is 0 Å². The minimum absolute atomic E-state index is 0.0702. The lowest BCUT2D eigenvalue weighted by molar-refractivity contribution is 0.251. The van der Waals surface area contributed by atoms with Gasteiger partial charge in [-0.2, -0.15) is 0 Å². The summed E-state index contributed by atoms with van der Waals surface area (Å²) in [5.41, 5.74) is 1.08. The number of benzene rings is 1. The second kappa shape index (κ2) is 8.40. The highest BCUT2D eigenvalue weighted by Crippen LogP contribution is 2.36. The molecular weight excluding hydrogens is 310 g/mol. The molecule has 1 aromatic rings. The highest BCUT2D eigenvalue weighted by molar-refractivity contribution is 9.10. The quantitative estimate of drug-likeness (QED) is 0.769. The van der Waals surface area contributed by atoms with Crippen molar-refractivity contribution in [1.82, 2.24) is 5.32 Å². The number of nitrogens with one attached hydrogen (secondary N) is 1. The van der Waals surface area contributed by atoms with Gasteiger partial charge in [-0.15, -0.1) is 0 Å². The number of hydrogen-bond donors (Lipinski definition) is 2. The molecule has 0 bridgehead atoms. The van der Waals surface area contributed by atoms with Crippen molar-refractivity contribution in [3.05, 3.63) is 22.2 Å². The van der Waals surface area contributed by atoms with Gasteiger partial charge in [0.1, 0.15) is 0 Å². The van der Waals surface area contributed by atoms with Crippen molar-refractivity contribution >= 4 is 15.9 Å². The SMILES string of the molecule is CCCOc1c(Br)cc(CN[C@H](C)CO)cc1OC. The minimum Gasteiger partial charge on any atom is -0.493 e. The van der Waals surface area contributed by atoms with Crippen LogP contribution in [-0.4, -0.2) is 31.5 Å². The van der Waals surface area contributed by atoms with Crippen molar-refractivity contribution in [2.24, 2.45) is 0 Å². The van der Waals surface area contributed by atoms with E-state index in [0.29, 0.717) is 13.2 Å². The average molecular weight is 332 g/mol. The Balaban J connectivity index is 2.83. The van der Waals surface area contributed by atoms with E-state index in [-0.39, 0.29) is 12.6 Å². The van der Waals surface area contributed by atoms with Crippen LogP contribution >= 0.6 is 15.9 Å². The molecule has 108 valence electrons. The Kier molecular flexibility index (Phi) is 7.20. The summed E-state index contributed by atoms with van der Waals surface area (Å²) in [6, 6.07) is 4.03. The van der Waals surface area contributed by atoms with Crippen LogP contribution in [0.2, 0.25) is 0 Å². The molecule has 1 atom stereocenters. The zero-order chi connectivity index (χ0) is 14.3. The van der Waals surface area contributed by atoms with Gasteiger partial charge in [-0.25, -0.2) is 0 Å². The molecule has 19 heavy (non-hydrogen) atoms. The summed E-state index contributed by atoms with van der Waals surface area (Å²) in [7, 11) is 1.63. The minimum atomic E-state index is 0.0702. The van der Waals surface area contributed by atoms with Crippen molar-refractivity contribution in [2.75, 3.05) is 20.3 Å². The number of rotatable bonds is 8. The van der Waals surface area contributed by atoms with E-state index in [2.05, 4.69) is 28.2 Å². The monoisotopic (exact) mass is 331 g/mol. The molecule has 0 heterocycles. The highest BCUT2D eigenvalue weighted by Gasteiger charge is 2.11. The molecule has 0 aliphatic heterocycles. The van der Waals surface area contributed by atoms with Crippen LogP contribution in [-0.2, 0) is 6.54 Å². The fourth-order valence-electron chi connectivity index (χ4n) is 1.58. The Labute approximate surface area is 123 Å². The first-order valence-corrected chi connectivity index (χ1v) is 7.25. The zero-order valence-electron chi connectivity index (χ0n) is 11.7. The van der Waals surface area contributed by atoms with Crippen LogP contribution in [0.3, 0.4) is 0 Å². The van der Waals surface area contributed by atoms with Gasteiger partial charge in [0.2, 0.25) is 0 Å². The molecule has 0 radical (unpaired) electrons. The molecule has 0 saturated heterocycles. The molecule has 0 amide bonds. The third kappa shape index (κ3) is 5.01. The first-order chi connectivity index (χ1) is 9.12. The lowest BCUT2D eigenvalue weighted by atomic mass is 10.2. The molecule has 0 unspecified atom stereocenters. The normalized spacial score (nSPS) is 12.3. The maximum absolute atomic E-state index is 8.99. The molecule has 0 spiro atoms. The fourth-order valence-corrected chi connectivity index (χ4v) is 2.18. The molecule has 0 aliphatic rings. The van der Waals surface area contributed by atoms with Crippen molar-refractivity contribution in [2.45, 2.75) is 32.9 Å². The number of aliphatic hydroxyl groups excluding tert-OH is 1. The summed E-state index contributed by atoms with van der Waals surface area (Å²) in [4.78, 5) is 0. The van der Waals surface area contributed by atoms with Gasteiger partial charge < -0.3 is 19.9 Å². The van der Waals surface area contributed by atoms with Crippen molar-refractivity contribution in [3.63, 3.8) is 0 Å². The van der Waals surface area contributed by atoms with Crippen LogP contribution in [0, 0.1) is 0 Å². The maximum Gasteiger partial charge on any atom is 0.175 e. The second-order valence-electron chi connectivity index (χ2n) is 4.42. The summed E-state index contributed by atoms with van der Waals surface area (Å²) in [6.07, 6.45) is 0.951. The molecule has 2 N–H and O–H groups in total. The van der Waals surface area contributed by atoms with E-state index in [1.54, 1.807) is 7.11 Å². The summed E-state index contributed by atoms with van der Waals surface area (Å²) in [6.45, 7) is 5.45. The van der Waals surface area contributed by atoms with Crippen molar-refractivity contribution in [3.8, 4) is 11.5 Å². The van der Waals surface area contributed by atoms with Gasteiger partial charge in [0.25, 0.3) is 0 Å². The lowest BCUT2D eigenvalue weighted by Gasteiger charge is -2.15. The first-order valence-electron chi connectivity index (χ1n) is 6.45. The number of ether oxygens (including phenoxy) is 2. The number of hydrogen-bond acceptors (Lipinski definition) is 4. The maximum atomic E-state index is 8.99. The Morgan fingerprint density at radius 1 is 1.42 bits per heavy atom. The molecule has 1 aromatic carbocycles. The second-order valence-corrected chi connectivity index (χ2v) is 5.28. The van der Waals surface area contributed by atoms with Gasteiger partial charge >= 0.3 is 0 Å². The van der Waals surface area contributed by atoms with Crippen molar-refractivity contribution < 1.29 is 14.6 Å². The predicted molar refractivity (Wildman–Crippen MR) is 79.9 cm³/mol. The lowest BCUT2D eigenvalue weighted by Crippen LogP contribution is -2.28. The molecule has 1 rings (SSSR count). The van der Waals surface area contributed by atoms with E-state index in [9.17, 15) is 0 Å². The van der Waals surface area contributed by atoms with Gasteiger partial charge in [-0.05, 0) is 47.0 Å². The summed E-state index contributed by atoms with van der Waals surface area (Å²) in [5, 5.41) is 12.2. The van der Waals surface area contributed by atoms with Crippen LogP contribution in [0.1, 0.15) is 25.8 Å². The van der Waals surface area contributed by atoms with E-state index < -0.39 is 0 Å². The molecule has 0 aromatic heterocycles. The highest BCUT2D eigenvalue weighted by atomic mass is 79.9. The molecule has 5 heteroatoms. The number of halogens is 1. The third-order valence-electron chi connectivity index (χ3n) is 2.67. The topological polar surface area (TPSA) is 50.7 Å². The standard InChI is InChI=1S/C14H22BrNO3/c1-4-5-19-14-12(15)6-11(7-13(14)18-3)8-16-10(2)9-17/h6-7,10,16-17H,4-5,8-9H2,1-3H3/t10-/m1/s1. The van der Waals surface area contributed by atoms with E-state index >= 15 is 0 Å². The van der Waals surface area contributed by atoms with Gasteiger partial charge in [-0.1, -0.05) is 6.92 Å². The van der Waals surface area contributed by atoms with E-state index in [4.69, 9.17) is 14.6 Å². The number of aliphatic hydroxyl groups is 1. The van der Waals surface area contributed by atoms with Crippen LogP contribution in [0.5, 0.6) is 11.5 Å². The Morgan fingerprint density at radius 2 is 2.16 bits per heavy atom. The van der Waals surface area contributed by atoms with Crippen LogP contribution < -0.4 is 14.8 Å². The predicted octanol–water partition coefficient (Wildman–Crippen LogP) is 2.72. The summed E-state index contributed by atoms with van der Waals surface area (Å²) >= 11 is 3.51. The van der Waals surface area contributed by atoms with Gasteiger partial charge in [0.15, 0.2) is 11.5 Å². The largest absolute Gasteiger partial charge is 0.493 e. The van der Waals surface area contributed by atoms with Gasteiger partial charge in [-0.3, -0.25) is 0 Å². The smallest absolute Gasteiger partial charge is 0.175 e. The molecule has 0 fully saturated rings. The fraction of sp³-hybridized carbons (Fsp3) is 0.571. The average Bonchev–Trinajstić information content (AvgIpc) is 2.42.